The average molecular weight is 307 g/mol. The number of hydrogen-bond donors (Lipinski definition) is 1. The Kier molecular flexibility index (Phi) is 3.43. The fourth-order valence-electron chi connectivity index (χ4n) is 2.48. The lowest BCUT2D eigenvalue weighted by Crippen LogP contribution is -2.23. The summed E-state index contributed by atoms with van der Waals surface area (Å²) in [4.78, 5) is -0.263. The first-order chi connectivity index (χ1) is 9.95. The van der Waals surface area contributed by atoms with Crippen molar-refractivity contribution in [1.82, 2.24) is 0 Å². The van der Waals surface area contributed by atoms with E-state index in [1.54, 1.807) is 0 Å². The summed E-state index contributed by atoms with van der Waals surface area (Å²) in [5.41, 5.74) is 2.51. The molecule has 0 saturated carbocycles. The number of nitrogens with two attached hydrogens (primary N) is 1. The number of primary sulfonamides is 1. The minimum atomic E-state index is -3.90. The second-order valence-corrected chi connectivity index (χ2v) is 6.61. The second kappa shape index (κ2) is 5.13. The Bertz CT molecular complexity index is 789. The molecule has 0 spiro atoms. The van der Waals surface area contributed by atoms with E-state index in [2.05, 4.69) is 6.07 Å². The summed E-state index contributed by atoms with van der Waals surface area (Å²) in [6, 6.07) is 11.5. The van der Waals surface area contributed by atoms with Gasteiger partial charge in [0.25, 0.3) is 0 Å². The van der Waals surface area contributed by atoms with E-state index >= 15 is 0 Å². The first-order valence-electron chi connectivity index (χ1n) is 6.48. The lowest BCUT2D eigenvalue weighted by Gasteiger charge is -2.29. The minimum Gasteiger partial charge on any atom is -0.490 e. The molecule has 0 amide bonds. The average Bonchev–Trinajstić information content (AvgIpc) is 2.40. The fourth-order valence-corrected chi connectivity index (χ4v) is 3.00. The highest BCUT2D eigenvalue weighted by atomic mass is 32.2. The quantitative estimate of drug-likeness (QED) is 0.941. The Morgan fingerprint density at radius 3 is 2.67 bits per heavy atom. The summed E-state index contributed by atoms with van der Waals surface area (Å²) in [5, 5.41) is 4.95. The van der Waals surface area contributed by atoms with Gasteiger partial charge in [0.15, 0.2) is 11.6 Å². The van der Waals surface area contributed by atoms with Crippen LogP contribution in [0.1, 0.15) is 17.0 Å². The van der Waals surface area contributed by atoms with Crippen molar-refractivity contribution in [2.24, 2.45) is 5.14 Å². The second-order valence-electron chi connectivity index (χ2n) is 5.05. The molecule has 0 radical (unpaired) electrons. The van der Waals surface area contributed by atoms with Gasteiger partial charge in [-0.2, -0.15) is 0 Å². The predicted molar refractivity (Wildman–Crippen MR) is 76.2 cm³/mol. The van der Waals surface area contributed by atoms with Crippen LogP contribution in [0, 0.1) is 5.82 Å². The summed E-state index contributed by atoms with van der Waals surface area (Å²) in [6.07, 6.45) is 0.910. The molecular formula is C15H14FNO3S. The highest BCUT2D eigenvalue weighted by Gasteiger charge is 2.26. The van der Waals surface area contributed by atoms with Crippen LogP contribution in [0.4, 0.5) is 4.39 Å². The van der Waals surface area contributed by atoms with E-state index in [9.17, 15) is 12.8 Å². The van der Waals surface area contributed by atoms with E-state index in [0.717, 1.165) is 12.5 Å². The van der Waals surface area contributed by atoms with Crippen molar-refractivity contribution < 1.29 is 17.5 Å². The monoisotopic (exact) mass is 307 g/mol. The van der Waals surface area contributed by atoms with Gasteiger partial charge in [-0.3, -0.25) is 0 Å². The van der Waals surface area contributed by atoms with Gasteiger partial charge in [0.2, 0.25) is 10.0 Å². The first kappa shape index (κ1) is 14.0. The van der Waals surface area contributed by atoms with E-state index in [-0.39, 0.29) is 16.6 Å². The van der Waals surface area contributed by atoms with Crippen LogP contribution in [0.3, 0.4) is 0 Å². The molecule has 21 heavy (non-hydrogen) atoms. The maximum Gasteiger partial charge on any atom is 0.238 e. The van der Waals surface area contributed by atoms with Crippen molar-refractivity contribution in [3.8, 4) is 5.75 Å². The van der Waals surface area contributed by atoms with Crippen LogP contribution < -0.4 is 9.88 Å². The molecule has 2 N–H and O–H groups in total. The molecule has 0 saturated heterocycles. The van der Waals surface area contributed by atoms with Gasteiger partial charge in [-0.25, -0.2) is 17.9 Å². The van der Waals surface area contributed by atoms with Gasteiger partial charge in [0, 0.05) is 5.92 Å². The molecule has 3 rings (SSSR count). The molecule has 6 heteroatoms. The SMILES string of the molecule is NS(=O)(=O)c1ccc(OCC2Cc3ccccc32)c(F)c1. The van der Waals surface area contributed by atoms with Crippen LogP contribution in [0.2, 0.25) is 0 Å². The van der Waals surface area contributed by atoms with E-state index in [1.165, 1.54) is 23.3 Å². The number of fused-ring (bicyclic) bond motifs is 1. The Morgan fingerprint density at radius 1 is 1.24 bits per heavy atom. The smallest absolute Gasteiger partial charge is 0.238 e. The van der Waals surface area contributed by atoms with Crippen molar-refractivity contribution in [2.45, 2.75) is 17.2 Å². The maximum atomic E-state index is 13.8. The van der Waals surface area contributed by atoms with Crippen LogP contribution in [-0.4, -0.2) is 15.0 Å². The van der Waals surface area contributed by atoms with Crippen molar-refractivity contribution in [3.05, 3.63) is 59.4 Å². The van der Waals surface area contributed by atoms with Crippen LogP contribution in [0.15, 0.2) is 47.4 Å². The zero-order valence-corrected chi connectivity index (χ0v) is 11.9. The molecular weight excluding hydrogens is 293 g/mol. The van der Waals surface area contributed by atoms with Gasteiger partial charge in [-0.15, -0.1) is 0 Å². The highest BCUT2D eigenvalue weighted by molar-refractivity contribution is 7.89. The molecule has 0 fully saturated rings. The van der Waals surface area contributed by atoms with E-state index in [0.29, 0.717) is 6.61 Å². The van der Waals surface area contributed by atoms with Gasteiger partial charge in [-0.05, 0) is 35.7 Å². The molecule has 0 bridgehead atoms. The van der Waals surface area contributed by atoms with Crippen LogP contribution >= 0.6 is 0 Å². The van der Waals surface area contributed by atoms with Gasteiger partial charge in [0.05, 0.1) is 11.5 Å². The van der Waals surface area contributed by atoms with Crippen molar-refractivity contribution in [1.29, 1.82) is 0 Å². The Balaban J connectivity index is 1.70. The van der Waals surface area contributed by atoms with E-state index < -0.39 is 15.8 Å². The number of benzene rings is 2. The topological polar surface area (TPSA) is 69.4 Å². The molecule has 4 nitrogen and oxygen atoms in total. The molecule has 2 aromatic carbocycles. The van der Waals surface area contributed by atoms with Gasteiger partial charge in [0.1, 0.15) is 0 Å². The third kappa shape index (κ3) is 2.77. The Labute approximate surface area is 122 Å². The van der Waals surface area contributed by atoms with Crippen molar-refractivity contribution in [3.63, 3.8) is 0 Å². The fraction of sp³-hybridized carbons (Fsp3) is 0.200. The molecule has 1 aliphatic rings. The summed E-state index contributed by atoms with van der Waals surface area (Å²) in [7, 11) is -3.90. The standard InChI is InChI=1S/C15H14FNO3S/c16-14-8-12(21(17,18)19)5-6-15(14)20-9-11-7-10-3-1-2-4-13(10)11/h1-6,8,11H,7,9H2,(H2,17,18,19). The number of hydrogen-bond acceptors (Lipinski definition) is 3. The lowest BCUT2D eigenvalue weighted by atomic mass is 9.78. The molecule has 0 aromatic heterocycles. The first-order valence-corrected chi connectivity index (χ1v) is 8.03. The van der Waals surface area contributed by atoms with Gasteiger partial charge >= 0.3 is 0 Å². The normalized spacial score (nSPS) is 17.0. The molecule has 1 aliphatic carbocycles. The highest BCUT2D eigenvalue weighted by Crippen LogP contribution is 2.35. The molecule has 1 atom stereocenters. The number of sulfonamides is 1. The molecule has 0 aliphatic heterocycles. The molecule has 2 aromatic rings. The van der Waals surface area contributed by atoms with Gasteiger partial charge < -0.3 is 4.74 Å². The zero-order valence-electron chi connectivity index (χ0n) is 11.1. The van der Waals surface area contributed by atoms with Crippen LogP contribution in [0.5, 0.6) is 5.75 Å². The Morgan fingerprint density at radius 2 is 2.00 bits per heavy atom. The number of halogens is 1. The minimum absolute atomic E-state index is 0.0341. The summed E-state index contributed by atoms with van der Waals surface area (Å²) < 4.78 is 41.5. The van der Waals surface area contributed by atoms with E-state index in [1.807, 2.05) is 18.2 Å². The van der Waals surface area contributed by atoms with Crippen molar-refractivity contribution in [2.75, 3.05) is 6.61 Å². The Hall–Kier alpha value is -1.92. The van der Waals surface area contributed by atoms with Gasteiger partial charge in [-0.1, -0.05) is 24.3 Å². The van der Waals surface area contributed by atoms with Crippen LogP contribution in [0.25, 0.3) is 0 Å². The molecule has 0 heterocycles. The zero-order chi connectivity index (χ0) is 15.0. The van der Waals surface area contributed by atoms with E-state index in [4.69, 9.17) is 9.88 Å². The summed E-state index contributed by atoms with van der Waals surface area (Å²) in [5.74, 6) is -0.445. The summed E-state index contributed by atoms with van der Waals surface area (Å²) in [6.45, 7) is 0.364. The lowest BCUT2D eigenvalue weighted by molar-refractivity contribution is 0.263. The molecule has 110 valence electrons. The third-order valence-corrected chi connectivity index (χ3v) is 4.54. The summed E-state index contributed by atoms with van der Waals surface area (Å²) >= 11 is 0. The largest absolute Gasteiger partial charge is 0.490 e. The van der Waals surface area contributed by atoms with Crippen LogP contribution in [-0.2, 0) is 16.4 Å². The van der Waals surface area contributed by atoms with Crippen molar-refractivity contribution >= 4 is 10.0 Å². The maximum absolute atomic E-state index is 13.8. The number of rotatable bonds is 4. The molecule has 1 unspecified atom stereocenters. The number of ether oxygens (including phenoxy) is 1. The predicted octanol–water partition coefficient (Wildman–Crippen LogP) is 2.19. The third-order valence-electron chi connectivity index (χ3n) is 3.63.